The molecule has 0 saturated heterocycles. The first-order valence-corrected chi connectivity index (χ1v) is 11.6. The Labute approximate surface area is 196 Å². The average Bonchev–Trinajstić information content (AvgIpc) is 3.54. The fourth-order valence-electron chi connectivity index (χ4n) is 3.36. The molecule has 0 N–H and O–H groups in total. The molecule has 7 heteroatoms. The zero-order chi connectivity index (χ0) is 22.3. The van der Waals surface area contributed by atoms with Crippen LogP contribution in [0.3, 0.4) is 0 Å². The molecule has 0 aliphatic rings. The first-order valence-electron chi connectivity index (χ1n) is 10.6. The number of hydrogen-bond acceptors (Lipinski definition) is 6. The van der Waals surface area contributed by atoms with E-state index in [1.54, 1.807) is 24.2 Å². The number of benzene rings is 2. The van der Waals surface area contributed by atoms with Gasteiger partial charge < -0.3 is 9.15 Å². The van der Waals surface area contributed by atoms with Gasteiger partial charge in [0, 0.05) is 11.9 Å². The van der Waals surface area contributed by atoms with Gasteiger partial charge in [0.2, 0.25) is 5.82 Å². The normalized spacial score (nSPS) is 10.9. The Bertz CT molecular complexity index is 1270. The van der Waals surface area contributed by atoms with E-state index in [2.05, 4.69) is 44.0 Å². The van der Waals surface area contributed by atoms with Crippen LogP contribution in [0, 0.1) is 0 Å². The first kappa shape index (κ1) is 21.0. The second kappa shape index (κ2) is 10.2. The molecular formula is C26H22N4O2S. The summed E-state index contributed by atoms with van der Waals surface area (Å²) in [7, 11) is 0. The second-order valence-corrected chi connectivity index (χ2v) is 8.34. The summed E-state index contributed by atoms with van der Waals surface area (Å²) in [5.74, 6) is 3.03. The topological polar surface area (TPSA) is 66.0 Å². The Hall–Kier alpha value is -3.84. The Morgan fingerprint density at radius 2 is 1.67 bits per heavy atom. The number of thioether (sulfide) groups is 1. The van der Waals surface area contributed by atoms with Crippen LogP contribution < -0.4 is 4.74 Å². The lowest BCUT2D eigenvalue weighted by molar-refractivity contribution is 0.301. The number of nitrogens with zero attached hydrogens (tertiary/aromatic N) is 4. The van der Waals surface area contributed by atoms with Crippen molar-refractivity contribution in [2.45, 2.75) is 24.1 Å². The van der Waals surface area contributed by atoms with Crippen LogP contribution in [0.25, 0.3) is 11.6 Å². The van der Waals surface area contributed by atoms with Crippen LogP contribution in [-0.4, -0.2) is 19.7 Å². The molecule has 6 nitrogen and oxygen atoms in total. The van der Waals surface area contributed by atoms with Crippen molar-refractivity contribution in [1.82, 2.24) is 19.7 Å². The fourth-order valence-corrected chi connectivity index (χ4v) is 4.26. The highest BCUT2D eigenvalue weighted by atomic mass is 32.2. The number of hydrogen-bond donors (Lipinski definition) is 0. The lowest BCUT2D eigenvalue weighted by atomic mass is 10.2. The molecule has 0 unspecified atom stereocenters. The van der Waals surface area contributed by atoms with Gasteiger partial charge in [0.05, 0.1) is 18.5 Å². The summed E-state index contributed by atoms with van der Waals surface area (Å²) in [6.07, 6.45) is 3.42. The van der Waals surface area contributed by atoms with Gasteiger partial charge >= 0.3 is 0 Å². The third kappa shape index (κ3) is 5.32. The van der Waals surface area contributed by atoms with E-state index in [0.29, 0.717) is 18.9 Å². The molecule has 164 valence electrons. The summed E-state index contributed by atoms with van der Waals surface area (Å²) >= 11 is 1.65. The molecule has 33 heavy (non-hydrogen) atoms. The van der Waals surface area contributed by atoms with Gasteiger partial charge in [0.15, 0.2) is 10.9 Å². The summed E-state index contributed by atoms with van der Waals surface area (Å²) in [6, 6.07) is 28.0. The molecule has 0 fully saturated rings. The van der Waals surface area contributed by atoms with E-state index >= 15 is 0 Å². The Morgan fingerprint density at radius 3 is 2.42 bits per heavy atom. The van der Waals surface area contributed by atoms with Gasteiger partial charge in [-0.05, 0) is 47.5 Å². The highest BCUT2D eigenvalue weighted by molar-refractivity contribution is 7.98. The van der Waals surface area contributed by atoms with Crippen molar-refractivity contribution in [3.63, 3.8) is 0 Å². The molecular weight excluding hydrogens is 432 g/mol. The van der Waals surface area contributed by atoms with Gasteiger partial charge in [0.1, 0.15) is 12.4 Å². The molecule has 0 atom stereocenters. The van der Waals surface area contributed by atoms with Gasteiger partial charge in [-0.1, -0.05) is 60.3 Å². The predicted octanol–water partition coefficient (Wildman–Crippen LogP) is 5.85. The minimum atomic E-state index is 0.451. The molecule has 0 saturated carbocycles. The molecule has 0 spiro atoms. The highest BCUT2D eigenvalue weighted by Gasteiger charge is 2.17. The summed E-state index contributed by atoms with van der Waals surface area (Å²) in [5, 5.41) is 9.70. The van der Waals surface area contributed by atoms with Crippen molar-refractivity contribution in [1.29, 1.82) is 0 Å². The standard InChI is InChI=1S/C26H22N4O2S/c1-2-7-20(8-3-1)17-30-25(24-10-6-16-31-24)28-29-26(30)33-19-21-11-13-23(14-12-21)32-18-22-9-4-5-15-27-22/h1-16H,17-19H2. The van der Waals surface area contributed by atoms with Crippen LogP contribution in [-0.2, 0) is 18.9 Å². The quantitative estimate of drug-likeness (QED) is 0.260. The molecule has 0 aliphatic heterocycles. The molecule has 2 aromatic carbocycles. The van der Waals surface area contributed by atoms with Crippen molar-refractivity contribution in [3.8, 4) is 17.3 Å². The molecule has 0 radical (unpaired) electrons. The van der Waals surface area contributed by atoms with Crippen LogP contribution in [0.1, 0.15) is 16.8 Å². The molecule has 5 aromatic rings. The minimum absolute atomic E-state index is 0.451. The number of aromatic nitrogens is 4. The Morgan fingerprint density at radius 1 is 0.818 bits per heavy atom. The molecule has 0 aliphatic carbocycles. The van der Waals surface area contributed by atoms with E-state index < -0.39 is 0 Å². The zero-order valence-electron chi connectivity index (χ0n) is 17.9. The lowest BCUT2D eigenvalue weighted by Crippen LogP contribution is -2.04. The van der Waals surface area contributed by atoms with E-state index in [1.807, 2.05) is 60.7 Å². The van der Waals surface area contributed by atoms with Gasteiger partial charge in [-0.2, -0.15) is 0 Å². The Kier molecular flexibility index (Phi) is 6.49. The molecule has 0 amide bonds. The SMILES string of the molecule is c1ccc(Cn2c(SCc3ccc(OCc4ccccn4)cc3)nnc2-c2ccco2)cc1. The summed E-state index contributed by atoms with van der Waals surface area (Å²) in [4.78, 5) is 4.28. The van der Waals surface area contributed by atoms with Crippen molar-refractivity contribution in [2.75, 3.05) is 0 Å². The predicted molar refractivity (Wildman–Crippen MR) is 128 cm³/mol. The second-order valence-electron chi connectivity index (χ2n) is 7.40. The number of ether oxygens (including phenoxy) is 1. The molecule has 3 heterocycles. The molecule has 0 bridgehead atoms. The van der Waals surface area contributed by atoms with Crippen LogP contribution in [0.2, 0.25) is 0 Å². The highest BCUT2D eigenvalue weighted by Crippen LogP contribution is 2.28. The monoisotopic (exact) mass is 454 g/mol. The largest absolute Gasteiger partial charge is 0.487 e. The van der Waals surface area contributed by atoms with Crippen LogP contribution >= 0.6 is 11.8 Å². The Balaban J connectivity index is 1.27. The van der Waals surface area contributed by atoms with Crippen LogP contribution in [0.15, 0.2) is 107 Å². The van der Waals surface area contributed by atoms with Gasteiger partial charge in [-0.15, -0.1) is 10.2 Å². The number of furan rings is 1. The van der Waals surface area contributed by atoms with Gasteiger partial charge in [-0.25, -0.2) is 0 Å². The number of rotatable bonds is 9. The summed E-state index contributed by atoms with van der Waals surface area (Å²) in [5.41, 5.74) is 3.27. The maximum absolute atomic E-state index is 5.83. The third-order valence-electron chi connectivity index (χ3n) is 5.05. The maximum atomic E-state index is 5.83. The first-order chi connectivity index (χ1) is 16.3. The van der Waals surface area contributed by atoms with E-state index in [-0.39, 0.29) is 0 Å². The minimum Gasteiger partial charge on any atom is -0.487 e. The molecule has 3 aromatic heterocycles. The zero-order valence-corrected chi connectivity index (χ0v) is 18.7. The van der Waals surface area contributed by atoms with Crippen molar-refractivity contribution in [3.05, 3.63) is 114 Å². The van der Waals surface area contributed by atoms with E-state index in [0.717, 1.165) is 28.2 Å². The summed E-state index contributed by atoms with van der Waals surface area (Å²) < 4.78 is 13.5. The van der Waals surface area contributed by atoms with E-state index in [4.69, 9.17) is 9.15 Å². The smallest absolute Gasteiger partial charge is 0.200 e. The van der Waals surface area contributed by atoms with Crippen LogP contribution in [0.4, 0.5) is 0 Å². The third-order valence-corrected chi connectivity index (χ3v) is 6.08. The van der Waals surface area contributed by atoms with Gasteiger partial charge in [0.25, 0.3) is 0 Å². The van der Waals surface area contributed by atoms with Crippen molar-refractivity contribution >= 4 is 11.8 Å². The van der Waals surface area contributed by atoms with Crippen LogP contribution in [0.5, 0.6) is 5.75 Å². The average molecular weight is 455 g/mol. The lowest BCUT2D eigenvalue weighted by Gasteiger charge is -2.10. The van der Waals surface area contributed by atoms with Gasteiger partial charge in [-0.3, -0.25) is 9.55 Å². The number of pyridine rings is 1. The van der Waals surface area contributed by atoms with E-state index in [9.17, 15) is 0 Å². The van der Waals surface area contributed by atoms with E-state index in [1.165, 1.54) is 11.1 Å². The maximum Gasteiger partial charge on any atom is 0.200 e. The van der Waals surface area contributed by atoms with Crippen molar-refractivity contribution in [2.24, 2.45) is 0 Å². The fraction of sp³-hybridized carbons (Fsp3) is 0.115. The summed E-state index contributed by atoms with van der Waals surface area (Å²) in [6.45, 7) is 1.12. The molecule has 5 rings (SSSR count). The van der Waals surface area contributed by atoms with Crippen molar-refractivity contribution < 1.29 is 9.15 Å².